The Morgan fingerprint density at radius 1 is 0.469 bits per heavy atom. The van der Waals surface area contributed by atoms with E-state index in [0.717, 1.165) is 12.8 Å². The summed E-state index contributed by atoms with van der Waals surface area (Å²) >= 11 is 0. The summed E-state index contributed by atoms with van der Waals surface area (Å²) in [5, 5.41) is 9.24. The molecular formula is C30H60O2. The first-order valence-corrected chi connectivity index (χ1v) is 14.9. The molecule has 0 heterocycles. The van der Waals surface area contributed by atoms with E-state index in [9.17, 15) is 9.90 Å². The lowest BCUT2D eigenvalue weighted by molar-refractivity contribution is -0.138. The zero-order valence-electron chi connectivity index (χ0n) is 22.3. The van der Waals surface area contributed by atoms with Crippen LogP contribution < -0.4 is 0 Å². The van der Waals surface area contributed by atoms with Gasteiger partial charge in [0.2, 0.25) is 0 Å². The highest BCUT2D eigenvalue weighted by atomic mass is 16.4. The molecule has 1 unspecified atom stereocenters. The van der Waals surface area contributed by atoms with Crippen molar-refractivity contribution in [3.8, 4) is 0 Å². The number of unbranched alkanes of at least 4 members (excludes halogenated alkanes) is 21. The van der Waals surface area contributed by atoms with E-state index in [0.29, 0.717) is 12.3 Å². The summed E-state index contributed by atoms with van der Waals surface area (Å²) < 4.78 is 0. The van der Waals surface area contributed by atoms with Gasteiger partial charge < -0.3 is 5.11 Å². The molecule has 0 aliphatic rings. The lowest BCUT2D eigenvalue weighted by Gasteiger charge is -2.14. The Morgan fingerprint density at radius 2 is 0.719 bits per heavy atom. The van der Waals surface area contributed by atoms with Crippen LogP contribution in [0.25, 0.3) is 0 Å². The highest BCUT2D eigenvalue weighted by Crippen LogP contribution is 2.22. The Bertz CT molecular complexity index is 366. The van der Waals surface area contributed by atoms with Gasteiger partial charge in [0, 0.05) is 6.42 Å². The first-order chi connectivity index (χ1) is 15.7. The van der Waals surface area contributed by atoms with E-state index < -0.39 is 5.97 Å². The Morgan fingerprint density at radius 3 is 0.969 bits per heavy atom. The number of hydrogen-bond acceptors (Lipinski definition) is 1. The molecule has 32 heavy (non-hydrogen) atoms. The number of carboxylic acid groups (broad SMARTS) is 1. The fraction of sp³-hybridized carbons (Fsp3) is 0.967. The maximum atomic E-state index is 11.2. The summed E-state index contributed by atoms with van der Waals surface area (Å²) in [6.07, 6.45) is 34.2. The SMILES string of the molecule is CCCCCCCCCCCCCCCCC(CCCCCCCCCCC)CC(=O)O. The van der Waals surface area contributed by atoms with Crippen LogP contribution in [0.1, 0.15) is 181 Å². The third-order valence-corrected chi connectivity index (χ3v) is 7.15. The van der Waals surface area contributed by atoms with Gasteiger partial charge >= 0.3 is 5.97 Å². The van der Waals surface area contributed by atoms with Gasteiger partial charge in [-0.3, -0.25) is 4.79 Å². The summed E-state index contributed by atoms with van der Waals surface area (Å²) in [7, 11) is 0. The van der Waals surface area contributed by atoms with Crippen LogP contribution in [0.2, 0.25) is 0 Å². The van der Waals surface area contributed by atoms with Crippen LogP contribution in [0, 0.1) is 5.92 Å². The molecular weight excluding hydrogens is 392 g/mol. The highest BCUT2D eigenvalue weighted by molar-refractivity contribution is 5.66. The molecule has 0 aliphatic heterocycles. The van der Waals surface area contributed by atoms with Crippen LogP contribution in [-0.4, -0.2) is 11.1 Å². The molecule has 0 saturated heterocycles. The van der Waals surface area contributed by atoms with Crippen molar-refractivity contribution in [2.45, 2.75) is 181 Å². The molecule has 0 radical (unpaired) electrons. The second-order valence-electron chi connectivity index (χ2n) is 10.5. The summed E-state index contributed by atoms with van der Waals surface area (Å²) in [4.78, 5) is 11.2. The van der Waals surface area contributed by atoms with Crippen molar-refractivity contribution in [1.82, 2.24) is 0 Å². The molecule has 0 bridgehead atoms. The van der Waals surface area contributed by atoms with Gasteiger partial charge in [0.25, 0.3) is 0 Å². The van der Waals surface area contributed by atoms with E-state index in [1.807, 2.05) is 0 Å². The number of rotatable bonds is 27. The van der Waals surface area contributed by atoms with Crippen molar-refractivity contribution in [3.63, 3.8) is 0 Å². The quantitative estimate of drug-likeness (QED) is 0.126. The Balaban J connectivity index is 3.50. The largest absolute Gasteiger partial charge is 0.481 e. The Hall–Kier alpha value is -0.530. The van der Waals surface area contributed by atoms with E-state index >= 15 is 0 Å². The molecule has 0 fully saturated rings. The molecule has 192 valence electrons. The van der Waals surface area contributed by atoms with Crippen LogP contribution in [0.3, 0.4) is 0 Å². The Kier molecular flexibility index (Phi) is 26.3. The van der Waals surface area contributed by atoms with Crippen molar-refractivity contribution >= 4 is 5.97 Å². The standard InChI is InChI=1S/C30H60O2/c1-3-5-7-9-11-13-14-15-16-17-19-21-23-25-27-29(28-30(31)32)26-24-22-20-18-12-10-8-6-4-2/h29H,3-28H2,1-2H3,(H,31,32). The number of hydrogen-bond donors (Lipinski definition) is 1. The zero-order chi connectivity index (χ0) is 23.5. The van der Waals surface area contributed by atoms with E-state index in [4.69, 9.17) is 0 Å². The molecule has 0 aromatic heterocycles. The normalized spacial score (nSPS) is 12.3. The smallest absolute Gasteiger partial charge is 0.303 e. The molecule has 2 heteroatoms. The second kappa shape index (κ2) is 26.7. The van der Waals surface area contributed by atoms with Gasteiger partial charge in [0.1, 0.15) is 0 Å². The van der Waals surface area contributed by atoms with E-state index in [1.54, 1.807) is 0 Å². The van der Waals surface area contributed by atoms with Crippen LogP contribution in [0.5, 0.6) is 0 Å². The molecule has 2 nitrogen and oxygen atoms in total. The van der Waals surface area contributed by atoms with E-state index in [-0.39, 0.29) is 0 Å². The van der Waals surface area contributed by atoms with Gasteiger partial charge in [-0.2, -0.15) is 0 Å². The fourth-order valence-electron chi connectivity index (χ4n) is 4.97. The lowest BCUT2D eigenvalue weighted by atomic mass is 9.91. The van der Waals surface area contributed by atoms with Crippen LogP contribution in [0.4, 0.5) is 0 Å². The van der Waals surface area contributed by atoms with E-state index in [1.165, 1.54) is 148 Å². The maximum absolute atomic E-state index is 11.2. The third kappa shape index (κ3) is 25.7. The highest BCUT2D eigenvalue weighted by Gasteiger charge is 2.12. The van der Waals surface area contributed by atoms with Gasteiger partial charge in [-0.1, -0.05) is 162 Å². The predicted octanol–water partition coefficient (Wildman–Crippen LogP) is 10.9. The van der Waals surface area contributed by atoms with E-state index in [2.05, 4.69) is 13.8 Å². The van der Waals surface area contributed by atoms with Crippen molar-refractivity contribution in [2.24, 2.45) is 5.92 Å². The summed E-state index contributed by atoms with van der Waals surface area (Å²) in [6, 6.07) is 0. The molecule has 1 atom stereocenters. The van der Waals surface area contributed by atoms with Gasteiger partial charge in [-0.25, -0.2) is 0 Å². The summed E-state index contributed by atoms with van der Waals surface area (Å²) in [6.45, 7) is 4.55. The molecule has 1 N–H and O–H groups in total. The second-order valence-corrected chi connectivity index (χ2v) is 10.5. The molecule has 0 aromatic carbocycles. The van der Waals surface area contributed by atoms with Crippen molar-refractivity contribution < 1.29 is 9.90 Å². The summed E-state index contributed by atoms with van der Waals surface area (Å²) in [5.74, 6) is -0.189. The maximum Gasteiger partial charge on any atom is 0.303 e. The Labute approximate surface area is 202 Å². The first kappa shape index (κ1) is 31.5. The minimum absolute atomic E-state index is 0.384. The molecule has 0 aliphatic carbocycles. The predicted molar refractivity (Wildman–Crippen MR) is 143 cm³/mol. The van der Waals surface area contributed by atoms with Gasteiger partial charge in [0.15, 0.2) is 0 Å². The fourth-order valence-corrected chi connectivity index (χ4v) is 4.97. The van der Waals surface area contributed by atoms with Crippen molar-refractivity contribution in [2.75, 3.05) is 0 Å². The van der Waals surface area contributed by atoms with Crippen LogP contribution in [0.15, 0.2) is 0 Å². The molecule has 0 aromatic rings. The molecule has 0 saturated carbocycles. The average molecular weight is 453 g/mol. The average Bonchev–Trinajstić information content (AvgIpc) is 2.77. The molecule has 0 spiro atoms. The van der Waals surface area contributed by atoms with Crippen LogP contribution >= 0.6 is 0 Å². The lowest BCUT2D eigenvalue weighted by Crippen LogP contribution is -2.08. The molecule has 0 rings (SSSR count). The van der Waals surface area contributed by atoms with Crippen molar-refractivity contribution in [3.05, 3.63) is 0 Å². The summed E-state index contributed by atoms with van der Waals surface area (Å²) in [5.41, 5.74) is 0. The van der Waals surface area contributed by atoms with Crippen molar-refractivity contribution in [1.29, 1.82) is 0 Å². The van der Waals surface area contributed by atoms with Crippen LogP contribution in [-0.2, 0) is 4.79 Å². The van der Waals surface area contributed by atoms with Gasteiger partial charge in [-0.05, 0) is 18.8 Å². The number of carboxylic acids is 1. The number of aliphatic carboxylic acids is 1. The topological polar surface area (TPSA) is 37.3 Å². The number of carbonyl (C=O) groups is 1. The monoisotopic (exact) mass is 452 g/mol. The minimum atomic E-state index is -0.601. The first-order valence-electron chi connectivity index (χ1n) is 14.9. The molecule has 0 amide bonds. The third-order valence-electron chi connectivity index (χ3n) is 7.15. The minimum Gasteiger partial charge on any atom is -0.481 e. The zero-order valence-corrected chi connectivity index (χ0v) is 22.3. The van der Waals surface area contributed by atoms with Gasteiger partial charge in [-0.15, -0.1) is 0 Å². The van der Waals surface area contributed by atoms with Gasteiger partial charge in [0.05, 0.1) is 0 Å².